The van der Waals surface area contributed by atoms with E-state index in [1.807, 2.05) is 44.2 Å². The normalized spacial score (nSPS) is 11.7. The standard InChI is InChI=1S/C18H21BrN2O3/c1-4-23-18-14(6-5-9-20-18)11-21-17(22)13(3)24-16-8-7-12(2)10-15(16)19/h5-10,13H,4,11H2,1-3H3,(H,21,22). The molecule has 1 aromatic heterocycles. The fraction of sp³-hybridized carbons (Fsp3) is 0.333. The molecule has 0 aliphatic rings. The van der Waals surface area contributed by atoms with Crippen LogP contribution in [0.2, 0.25) is 0 Å². The van der Waals surface area contributed by atoms with Crippen molar-refractivity contribution >= 4 is 21.8 Å². The van der Waals surface area contributed by atoms with Crippen LogP contribution in [-0.4, -0.2) is 23.6 Å². The number of benzene rings is 1. The molecule has 1 aromatic carbocycles. The number of aromatic nitrogens is 1. The number of aryl methyl sites for hydroxylation is 1. The van der Waals surface area contributed by atoms with Crippen LogP contribution in [0.1, 0.15) is 25.0 Å². The van der Waals surface area contributed by atoms with Gasteiger partial charge >= 0.3 is 0 Å². The van der Waals surface area contributed by atoms with Crippen molar-refractivity contribution in [3.8, 4) is 11.6 Å². The first-order valence-electron chi connectivity index (χ1n) is 7.78. The van der Waals surface area contributed by atoms with Crippen molar-refractivity contribution in [3.05, 3.63) is 52.1 Å². The first kappa shape index (κ1) is 18.3. The molecule has 1 atom stereocenters. The molecule has 0 aliphatic heterocycles. The number of halogens is 1. The van der Waals surface area contributed by atoms with Gasteiger partial charge in [0, 0.05) is 18.3 Å². The molecule has 0 aliphatic carbocycles. The molecule has 24 heavy (non-hydrogen) atoms. The molecular formula is C18H21BrN2O3. The topological polar surface area (TPSA) is 60.5 Å². The Morgan fingerprint density at radius 1 is 1.38 bits per heavy atom. The number of nitrogens with zero attached hydrogens (tertiary/aromatic N) is 1. The van der Waals surface area contributed by atoms with Crippen LogP contribution in [0.3, 0.4) is 0 Å². The minimum Gasteiger partial charge on any atom is -0.480 e. The van der Waals surface area contributed by atoms with E-state index in [4.69, 9.17) is 9.47 Å². The Kier molecular flexibility index (Phi) is 6.61. The number of carbonyl (C=O) groups excluding carboxylic acids is 1. The minimum absolute atomic E-state index is 0.200. The summed E-state index contributed by atoms with van der Waals surface area (Å²) in [5, 5.41) is 2.85. The Labute approximate surface area is 150 Å². The first-order valence-corrected chi connectivity index (χ1v) is 8.57. The van der Waals surface area contributed by atoms with Gasteiger partial charge in [-0.15, -0.1) is 0 Å². The molecule has 0 spiro atoms. The van der Waals surface area contributed by atoms with E-state index < -0.39 is 6.10 Å². The molecule has 128 valence electrons. The van der Waals surface area contributed by atoms with Crippen LogP contribution in [0.5, 0.6) is 11.6 Å². The van der Waals surface area contributed by atoms with Crippen LogP contribution in [-0.2, 0) is 11.3 Å². The summed E-state index contributed by atoms with van der Waals surface area (Å²) < 4.78 is 12.0. The molecule has 1 heterocycles. The van der Waals surface area contributed by atoms with Crippen LogP contribution in [0.15, 0.2) is 41.0 Å². The maximum Gasteiger partial charge on any atom is 0.261 e. The lowest BCUT2D eigenvalue weighted by molar-refractivity contribution is -0.127. The Balaban J connectivity index is 1.94. The van der Waals surface area contributed by atoms with Crippen LogP contribution in [0.4, 0.5) is 0 Å². The van der Waals surface area contributed by atoms with Crippen molar-refractivity contribution in [2.75, 3.05) is 6.61 Å². The van der Waals surface area contributed by atoms with E-state index in [1.165, 1.54) is 0 Å². The lowest BCUT2D eigenvalue weighted by Gasteiger charge is -2.16. The smallest absolute Gasteiger partial charge is 0.261 e. The molecule has 1 unspecified atom stereocenters. The van der Waals surface area contributed by atoms with Gasteiger partial charge in [0.1, 0.15) is 5.75 Å². The summed E-state index contributed by atoms with van der Waals surface area (Å²) in [6.07, 6.45) is 1.05. The van der Waals surface area contributed by atoms with Crippen molar-refractivity contribution in [1.82, 2.24) is 10.3 Å². The number of ether oxygens (including phenoxy) is 2. The monoisotopic (exact) mass is 392 g/mol. The number of hydrogen-bond donors (Lipinski definition) is 1. The van der Waals surface area contributed by atoms with Crippen LogP contribution in [0, 0.1) is 6.92 Å². The van der Waals surface area contributed by atoms with Gasteiger partial charge in [0.25, 0.3) is 5.91 Å². The second-order valence-electron chi connectivity index (χ2n) is 5.31. The summed E-state index contributed by atoms with van der Waals surface area (Å²) >= 11 is 3.45. The molecule has 0 saturated carbocycles. The zero-order valence-electron chi connectivity index (χ0n) is 14.0. The van der Waals surface area contributed by atoms with Crippen molar-refractivity contribution < 1.29 is 14.3 Å². The molecule has 1 amide bonds. The molecule has 0 bridgehead atoms. The second-order valence-corrected chi connectivity index (χ2v) is 6.17. The zero-order valence-corrected chi connectivity index (χ0v) is 15.6. The lowest BCUT2D eigenvalue weighted by Crippen LogP contribution is -2.36. The Morgan fingerprint density at radius 2 is 2.17 bits per heavy atom. The molecule has 6 heteroatoms. The summed E-state index contributed by atoms with van der Waals surface area (Å²) in [6, 6.07) is 9.42. The summed E-state index contributed by atoms with van der Waals surface area (Å²) in [5.74, 6) is 0.976. The maximum atomic E-state index is 12.3. The number of rotatable bonds is 7. The highest BCUT2D eigenvalue weighted by Crippen LogP contribution is 2.26. The van der Waals surface area contributed by atoms with Gasteiger partial charge in [0.2, 0.25) is 5.88 Å². The maximum absolute atomic E-state index is 12.3. The van der Waals surface area contributed by atoms with Crippen molar-refractivity contribution in [2.45, 2.75) is 33.4 Å². The van der Waals surface area contributed by atoms with Crippen molar-refractivity contribution in [2.24, 2.45) is 0 Å². The highest BCUT2D eigenvalue weighted by atomic mass is 79.9. The van der Waals surface area contributed by atoms with Crippen LogP contribution >= 0.6 is 15.9 Å². The predicted molar refractivity (Wildman–Crippen MR) is 96.2 cm³/mol. The van der Waals surface area contributed by atoms with E-state index >= 15 is 0 Å². The highest BCUT2D eigenvalue weighted by Gasteiger charge is 2.16. The molecular weight excluding hydrogens is 372 g/mol. The van der Waals surface area contributed by atoms with Crippen molar-refractivity contribution in [1.29, 1.82) is 0 Å². The fourth-order valence-electron chi connectivity index (χ4n) is 2.10. The number of nitrogens with one attached hydrogen (secondary N) is 1. The molecule has 1 N–H and O–H groups in total. The van der Waals surface area contributed by atoms with Gasteiger partial charge < -0.3 is 14.8 Å². The zero-order chi connectivity index (χ0) is 17.5. The van der Waals surface area contributed by atoms with Gasteiger partial charge in [-0.2, -0.15) is 0 Å². The number of hydrogen-bond acceptors (Lipinski definition) is 4. The Morgan fingerprint density at radius 3 is 2.88 bits per heavy atom. The lowest BCUT2D eigenvalue weighted by atomic mass is 10.2. The van der Waals surface area contributed by atoms with Gasteiger partial charge in [-0.1, -0.05) is 12.1 Å². The fourth-order valence-corrected chi connectivity index (χ4v) is 2.68. The number of carbonyl (C=O) groups is 1. The van der Waals surface area contributed by atoms with E-state index in [2.05, 4.69) is 26.2 Å². The van der Waals surface area contributed by atoms with Gasteiger partial charge in [0.05, 0.1) is 11.1 Å². The highest BCUT2D eigenvalue weighted by molar-refractivity contribution is 9.10. The average Bonchev–Trinajstić information content (AvgIpc) is 2.56. The van der Waals surface area contributed by atoms with Gasteiger partial charge in [-0.05, 0) is 60.5 Å². The summed E-state index contributed by atoms with van der Waals surface area (Å²) in [6.45, 7) is 6.47. The van der Waals surface area contributed by atoms with E-state index in [0.29, 0.717) is 24.8 Å². The first-order chi connectivity index (χ1) is 11.5. The summed E-state index contributed by atoms with van der Waals surface area (Å²) in [4.78, 5) is 16.4. The molecule has 2 aromatic rings. The van der Waals surface area contributed by atoms with E-state index in [1.54, 1.807) is 13.1 Å². The van der Waals surface area contributed by atoms with Gasteiger partial charge in [-0.25, -0.2) is 4.98 Å². The molecule has 2 rings (SSSR count). The average molecular weight is 393 g/mol. The van der Waals surface area contributed by atoms with Gasteiger partial charge in [0.15, 0.2) is 6.10 Å². The second kappa shape index (κ2) is 8.68. The quantitative estimate of drug-likeness (QED) is 0.781. The SMILES string of the molecule is CCOc1ncccc1CNC(=O)C(C)Oc1ccc(C)cc1Br. The Bertz CT molecular complexity index is 706. The number of amides is 1. The van der Waals surface area contributed by atoms with Crippen molar-refractivity contribution in [3.63, 3.8) is 0 Å². The number of pyridine rings is 1. The van der Waals surface area contributed by atoms with Crippen LogP contribution in [0.25, 0.3) is 0 Å². The third kappa shape index (κ3) is 4.96. The van der Waals surface area contributed by atoms with Crippen LogP contribution < -0.4 is 14.8 Å². The minimum atomic E-state index is -0.615. The van der Waals surface area contributed by atoms with Gasteiger partial charge in [-0.3, -0.25) is 4.79 Å². The summed E-state index contributed by atoms with van der Waals surface area (Å²) in [5.41, 5.74) is 1.95. The third-order valence-electron chi connectivity index (χ3n) is 3.34. The molecule has 0 radical (unpaired) electrons. The largest absolute Gasteiger partial charge is 0.480 e. The third-order valence-corrected chi connectivity index (χ3v) is 3.96. The molecule has 0 fully saturated rings. The summed E-state index contributed by atoms with van der Waals surface area (Å²) in [7, 11) is 0. The predicted octanol–water partition coefficient (Wildman–Crippen LogP) is 3.63. The molecule has 0 saturated heterocycles. The van der Waals surface area contributed by atoms with E-state index in [-0.39, 0.29) is 5.91 Å². The Hall–Kier alpha value is -2.08. The van der Waals surface area contributed by atoms with E-state index in [0.717, 1.165) is 15.6 Å². The molecule has 5 nitrogen and oxygen atoms in total. The van der Waals surface area contributed by atoms with E-state index in [9.17, 15) is 4.79 Å².